The van der Waals surface area contributed by atoms with Gasteiger partial charge in [-0.2, -0.15) is 12.6 Å². The number of rotatable bonds is 4. The van der Waals surface area contributed by atoms with Crippen LogP contribution in [0.4, 0.5) is 0 Å². The van der Waals surface area contributed by atoms with Gasteiger partial charge in [0.2, 0.25) is 0 Å². The number of nitrogens with one attached hydrogen (secondary N) is 1. The molecule has 20 heavy (non-hydrogen) atoms. The number of amides is 1. The van der Waals surface area contributed by atoms with Gasteiger partial charge < -0.3 is 15.5 Å². The highest BCUT2D eigenvalue weighted by molar-refractivity contribution is 7.80. The number of phenols is 1. The molecule has 0 heterocycles. The van der Waals surface area contributed by atoms with Gasteiger partial charge in [0.1, 0.15) is 11.8 Å². The summed E-state index contributed by atoms with van der Waals surface area (Å²) in [7, 11) is 0. The van der Waals surface area contributed by atoms with E-state index in [4.69, 9.17) is 5.11 Å². The predicted molar refractivity (Wildman–Crippen MR) is 78.4 cm³/mol. The van der Waals surface area contributed by atoms with Gasteiger partial charge in [-0.1, -0.05) is 30.3 Å². The summed E-state index contributed by atoms with van der Waals surface area (Å²) in [5.74, 6) is -2.04. The van der Waals surface area contributed by atoms with Crippen LogP contribution < -0.4 is 5.32 Å². The Hall–Kier alpha value is -2.21. The predicted octanol–water partition coefficient (Wildman–Crippen LogP) is 1.66. The van der Waals surface area contributed by atoms with Gasteiger partial charge in [-0.25, -0.2) is 4.79 Å². The molecule has 0 bridgehead atoms. The average Bonchev–Trinajstić information content (AvgIpc) is 2.44. The summed E-state index contributed by atoms with van der Waals surface area (Å²) in [6, 6.07) is 9.05. The summed E-state index contributed by atoms with van der Waals surface area (Å²) in [5, 5.41) is 22.5. The van der Waals surface area contributed by atoms with Crippen molar-refractivity contribution in [2.45, 2.75) is 6.04 Å². The molecule has 2 aromatic rings. The molecular weight excluding hydrogens is 278 g/mol. The highest BCUT2D eigenvalue weighted by atomic mass is 32.1. The number of hydrogen-bond donors (Lipinski definition) is 4. The van der Waals surface area contributed by atoms with Gasteiger partial charge in [-0.15, -0.1) is 0 Å². The van der Waals surface area contributed by atoms with E-state index in [2.05, 4.69) is 17.9 Å². The third-order valence-corrected chi connectivity index (χ3v) is 3.29. The van der Waals surface area contributed by atoms with Crippen molar-refractivity contribution in [2.24, 2.45) is 0 Å². The van der Waals surface area contributed by atoms with Crippen LogP contribution in [0.5, 0.6) is 5.75 Å². The first kappa shape index (κ1) is 14.2. The molecule has 0 fully saturated rings. The average molecular weight is 291 g/mol. The van der Waals surface area contributed by atoms with Crippen molar-refractivity contribution >= 4 is 35.3 Å². The van der Waals surface area contributed by atoms with Gasteiger partial charge in [0.15, 0.2) is 0 Å². The number of aliphatic carboxylic acids is 1. The molecular formula is C14H13NO4S. The largest absolute Gasteiger partial charge is 0.507 e. The number of carboxylic acid groups (broad SMARTS) is 1. The van der Waals surface area contributed by atoms with Crippen molar-refractivity contribution in [1.82, 2.24) is 5.32 Å². The molecule has 0 saturated heterocycles. The molecule has 0 aliphatic rings. The Morgan fingerprint density at radius 3 is 2.55 bits per heavy atom. The zero-order valence-electron chi connectivity index (χ0n) is 10.4. The molecule has 0 aromatic heterocycles. The molecule has 0 saturated carbocycles. The lowest BCUT2D eigenvalue weighted by Crippen LogP contribution is -2.42. The van der Waals surface area contributed by atoms with Gasteiger partial charge in [-0.05, 0) is 16.8 Å². The van der Waals surface area contributed by atoms with E-state index < -0.39 is 17.9 Å². The second-order valence-electron chi connectivity index (χ2n) is 4.23. The van der Waals surface area contributed by atoms with E-state index in [1.165, 1.54) is 6.07 Å². The van der Waals surface area contributed by atoms with Crippen molar-refractivity contribution in [1.29, 1.82) is 0 Å². The molecule has 3 N–H and O–H groups in total. The number of phenolic OH excluding ortho intramolecular Hbond substituents is 1. The van der Waals surface area contributed by atoms with Crippen LogP contribution in [-0.4, -0.2) is 33.9 Å². The lowest BCUT2D eigenvalue weighted by atomic mass is 10.0. The Morgan fingerprint density at radius 2 is 1.90 bits per heavy atom. The van der Waals surface area contributed by atoms with Crippen molar-refractivity contribution in [3.63, 3.8) is 0 Å². The van der Waals surface area contributed by atoms with E-state index in [1.807, 2.05) is 6.07 Å². The van der Waals surface area contributed by atoms with Gasteiger partial charge in [-0.3, -0.25) is 4.79 Å². The molecule has 1 amide bonds. The number of aromatic hydroxyl groups is 1. The van der Waals surface area contributed by atoms with E-state index in [0.717, 1.165) is 5.39 Å². The molecule has 6 heteroatoms. The van der Waals surface area contributed by atoms with Crippen LogP contribution in [-0.2, 0) is 4.79 Å². The van der Waals surface area contributed by atoms with Gasteiger partial charge >= 0.3 is 5.97 Å². The fourth-order valence-corrected chi connectivity index (χ4v) is 2.16. The third-order valence-electron chi connectivity index (χ3n) is 2.92. The summed E-state index contributed by atoms with van der Waals surface area (Å²) in [5.41, 5.74) is 0.0659. The van der Waals surface area contributed by atoms with E-state index in [-0.39, 0.29) is 17.1 Å². The fraction of sp³-hybridized carbons (Fsp3) is 0.143. The molecule has 104 valence electrons. The van der Waals surface area contributed by atoms with Crippen molar-refractivity contribution in [2.75, 3.05) is 5.75 Å². The van der Waals surface area contributed by atoms with Crippen molar-refractivity contribution in [3.8, 4) is 5.75 Å². The minimum absolute atomic E-state index is 0.0351. The lowest BCUT2D eigenvalue weighted by molar-refractivity contribution is -0.138. The standard InChI is InChI=1S/C14H13NO4S/c16-11-6-5-8-3-1-2-4-9(8)12(11)13(17)15-10(7-20)14(18)19/h1-6,10,16,20H,7H2,(H,15,17)(H,18,19)/t10-/m0/s1. The smallest absolute Gasteiger partial charge is 0.327 e. The van der Waals surface area contributed by atoms with E-state index in [1.54, 1.807) is 24.3 Å². The number of thiol groups is 1. The summed E-state index contributed by atoms with van der Waals surface area (Å²) < 4.78 is 0. The Balaban J connectivity index is 2.44. The van der Waals surface area contributed by atoms with Crippen LogP contribution in [0, 0.1) is 0 Å². The van der Waals surface area contributed by atoms with Gasteiger partial charge in [0.25, 0.3) is 5.91 Å². The molecule has 5 nitrogen and oxygen atoms in total. The molecule has 0 aliphatic heterocycles. The molecule has 2 aromatic carbocycles. The first-order chi connectivity index (χ1) is 9.54. The summed E-state index contributed by atoms with van der Waals surface area (Å²) in [6.45, 7) is 0. The zero-order chi connectivity index (χ0) is 14.7. The lowest BCUT2D eigenvalue weighted by Gasteiger charge is -2.14. The number of carbonyl (C=O) groups excluding carboxylic acids is 1. The zero-order valence-corrected chi connectivity index (χ0v) is 11.3. The molecule has 0 aliphatic carbocycles. The first-order valence-corrected chi connectivity index (χ1v) is 6.53. The monoisotopic (exact) mass is 291 g/mol. The molecule has 0 unspecified atom stereocenters. The second-order valence-corrected chi connectivity index (χ2v) is 4.59. The Kier molecular flexibility index (Phi) is 4.14. The second kappa shape index (κ2) is 5.83. The number of benzene rings is 2. The molecule has 2 rings (SSSR count). The number of carbonyl (C=O) groups is 2. The molecule has 0 spiro atoms. The minimum atomic E-state index is -1.17. The molecule has 0 radical (unpaired) electrons. The van der Waals surface area contributed by atoms with Gasteiger partial charge in [0.05, 0.1) is 5.56 Å². The quantitative estimate of drug-likeness (QED) is 0.645. The third kappa shape index (κ3) is 2.70. The van der Waals surface area contributed by atoms with Crippen LogP contribution in [0.3, 0.4) is 0 Å². The Morgan fingerprint density at radius 1 is 1.20 bits per heavy atom. The van der Waals surface area contributed by atoms with E-state index in [0.29, 0.717) is 5.39 Å². The maximum atomic E-state index is 12.2. The van der Waals surface area contributed by atoms with Crippen LogP contribution in [0.15, 0.2) is 36.4 Å². The van der Waals surface area contributed by atoms with Crippen molar-refractivity contribution in [3.05, 3.63) is 42.0 Å². The normalized spacial score (nSPS) is 12.1. The summed E-state index contributed by atoms with van der Waals surface area (Å²) in [6.07, 6.45) is 0. The van der Waals surface area contributed by atoms with Crippen LogP contribution in [0.2, 0.25) is 0 Å². The van der Waals surface area contributed by atoms with Crippen LogP contribution in [0.1, 0.15) is 10.4 Å². The Bertz CT molecular complexity index is 671. The highest BCUT2D eigenvalue weighted by Gasteiger charge is 2.22. The summed E-state index contributed by atoms with van der Waals surface area (Å²) in [4.78, 5) is 23.1. The van der Waals surface area contributed by atoms with E-state index in [9.17, 15) is 14.7 Å². The van der Waals surface area contributed by atoms with Crippen molar-refractivity contribution < 1.29 is 19.8 Å². The highest BCUT2D eigenvalue weighted by Crippen LogP contribution is 2.27. The number of fused-ring (bicyclic) bond motifs is 1. The first-order valence-electron chi connectivity index (χ1n) is 5.90. The fourth-order valence-electron chi connectivity index (χ4n) is 1.91. The van der Waals surface area contributed by atoms with Gasteiger partial charge in [0, 0.05) is 5.75 Å². The Labute approximate surface area is 120 Å². The summed E-state index contributed by atoms with van der Waals surface area (Å²) >= 11 is 3.88. The van der Waals surface area contributed by atoms with Crippen LogP contribution in [0.25, 0.3) is 10.8 Å². The topological polar surface area (TPSA) is 86.6 Å². The maximum Gasteiger partial charge on any atom is 0.327 e. The minimum Gasteiger partial charge on any atom is -0.507 e. The number of carboxylic acids is 1. The van der Waals surface area contributed by atoms with E-state index >= 15 is 0 Å². The maximum absolute atomic E-state index is 12.2. The SMILES string of the molecule is O=C(N[C@@H](CS)C(=O)O)c1c(O)ccc2ccccc12. The van der Waals surface area contributed by atoms with Crippen LogP contribution >= 0.6 is 12.6 Å². The number of hydrogen-bond acceptors (Lipinski definition) is 4. The molecule has 1 atom stereocenters.